The maximum absolute atomic E-state index is 11.9. The van der Waals surface area contributed by atoms with Crippen LogP contribution in [0.15, 0.2) is 0 Å². The third kappa shape index (κ3) is 4.56. The number of rotatable bonds is 7. The van der Waals surface area contributed by atoms with Crippen LogP contribution in [-0.4, -0.2) is 65.2 Å². The second-order valence-electron chi connectivity index (χ2n) is 5.50. The van der Waals surface area contributed by atoms with Gasteiger partial charge in [0.2, 0.25) is 0 Å². The van der Waals surface area contributed by atoms with E-state index in [2.05, 4.69) is 15.5 Å². The lowest BCUT2D eigenvalue weighted by Gasteiger charge is -2.18. The van der Waals surface area contributed by atoms with Gasteiger partial charge in [-0.3, -0.25) is 4.90 Å². The standard InChI is InChI=1S/C13H23N3O3S/c1-20-7-5-11(12(17)18)15-13(19)14-9-4-6-16(8-9)10-2-3-10/h9-11H,2-8H2,1H3,(H,17,18)(H2,14,15,19)/t9?,11-/m0/s1. The molecule has 0 aromatic heterocycles. The Hall–Kier alpha value is -0.950. The highest BCUT2D eigenvalue weighted by Gasteiger charge is 2.35. The van der Waals surface area contributed by atoms with Crippen LogP contribution >= 0.6 is 11.8 Å². The van der Waals surface area contributed by atoms with E-state index in [1.807, 2.05) is 6.26 Å². The molecule has 1 saturated heterocycles. The first-order valence-corrected chi connectivity index (χ1v) is 8.52. The van der Waals surface area contributed by atoms with Crippen molar-refractivity contribution in [2.75, 3.05) is 25.1 Å². The molecule has 1 unspecified atom stereocenters. The lowest BCUT2D eigenvalue weighted by atomic mass is 10.2. The van der Waals surface area contributed by atoms with Gasteiger partial charge < -0.3 is 15.7 Å². The van der Waals surface area contributed by atoms with Crippen molar-refractivity contribution < 1.29 is 14.7 Å². The maximum Gasteiger partial charge on any atom is 0.326 e. The molecule has 1 aliphatic heterocycles. The number of aliphatic carboxylic acids is 1. The predicted molar refractivity (Wildman–Crippen MR) is 79.1 cm³/mol. The number of hydrogen-bond acceptors (Lipinski definition) is 4. The number of urea groups is 1. The Kier molecular flexibility index (Phi) is 5.54. The fraction of sp³-hybridized carbons (Fsp3) is 0.846. The Morgan fingerprint density at radius 1 is 1.40 bits per heavy atom. The summed E-state index contributed by atoms with van der Waals surface area (Å²) in [5, 5.41) is 14.5. The number of nitrogens with zero attached hydrogens (tertiary/aromatic N) is 1. The molecule has 6 nitrogen and oxygen atoms in total. The van der Waals surface area contributed by atoms with Crippen molar-refractivity contribution in [1.29, 1.82) is 0 Å². The molecule has 0 bridgehead atoms. The molecule has 3 N–H and O–H groups in total. The van der Waals surface area contributed by atoms with Crippen LogP contribution in [0.4, 0.5) is 4.79 Å². The van der Waals surface area contributed by atoms with Crippen molar-refractivity contribution in [2.24, 2.45) is 0 Å². The number of amides is 2. The second kappa shape index (κ2) is 7.17. The minimum atomic E-state index is -0.972. The summed E-state index contributed by atoms with van der Waals surface area (Å²) in [6.45, 7) is 1.92. The molecule has 2 fully saturated rings. The molecule has 2 atom stereocenters. The average molecular weight is 301 g/mol. The fourth-order valence-corrected chi connectivity index (χ4v) is 3.03. The van der Waals surface area contributed by atoms with Crippen molar-refractivity contribution in [3.05, 3.63) is 0 Å². The molecule has 0 spiro atoms. The molecule has 0 radical (unpaired) electrons. The van der Waals surface area contributed by atoms with Gasteiger partial charge in [-0.25, -0.2) is 9.59 Å². The van der Waals surface area contributed by atoms with Gasteiger partial charge in [0.25, 0.3) is 0 Å². The molecule has 1 aliphatic carbocycles. The van der Waals surface area contributed by atoms with Gasteiger partial charge in [0.15, 0.2) is 0 Å². The van der Waals surface area contributed by atoms with Crippen LogP contribution < -0.4 is 10.6 Å². The third-order valence-corrected chi connectivity index (χ3v) is 4.48. The lowest BCUT2D eigenvalue weighted by molar-refractivity contribution is -0.139. The van der Waals surface area contributed by atoms with Crippen LogP contribution in [0.3, 0.4) is 0 Å². The van der Waals surface area contributed by atoms with Crippen molar-refractivity contribution in [3.63, 3.8) is 0 Å². The summed E-state index contributed by atoms with van der Waals surface area (Å²) in [5.74, 6) is -0.254. The number of nitrogens with one attached hydrogen (secondary N) is 2. The van der Waals surface area contributed by atoms with Gasteiger partial charge in [-0.1, -0.05) is 0 Å². The minimum absolute atomic E-state index is 0.144. The molecule has 114 valence electrons. The molecule has 7 heteroatoms. The van der Waals surface area contributed by atoms with E-state index in [4.69, 9.17) is 5.11 Å². The van der Waals surface area contributed by atoms with E-state index in [9.17, 15) is 9.59 Å². The molecule has 0 aromatic rings. The zero-order chi connectivity index (χ0) is 14.5. The minimum Gasteiger partial charge on any atom is -0.480 e. The van der Waals surface area contributed by atoms with Crippen LogP contribution in [0.5, 0.6) is 0 Å². The Labute approximate surface area is 123 Å². The number of thioether (sulfide) groups is 1. The number of carboxylic acid groups (broad SMARTS) is 1. The summed E-state index contributed by atoms with van der Waals surface area (Å²) in [6, 6.07) is -0.298. The quantitative estimate of drug-likeness (QED) is 0.646. The zero-order valence-corrected chi connectivity index (χ0v) is 12.6. The van der Waals surface area contributed by atoms with Gasteiger partial charge in [-0.15, -0.1) is 0 Å². The van der Waals surface area contributed by atoms with Crippen LogP contribution in [0.25, 0.3) is 0 Å². The number of likely N-dealkylation sites (tertiary alicyclic amines) is 1. The molecule has 2 rings (SSSR count). The Balaban J connectivity index is 1.71. The fourth-order valence-electron chi connectivity index (χ4n) is 2.55. The van der Waals surface area contributed by atoms with Crippen molar-refractivity contribution in [2.45, 2.75) is 43.8 Å². The highest BCUT2D eigenvalue weighted by molar-refractivity contribution is 7.98. The van der Waals surface area contributed by atoms with E-state index in [0.717, 1.165) is 31.3 Å². The van der Waals surface area contributed by atoms with Crippen LogP contribution in [0, 0.1) is 0 Å². The van der Waals surface area contributed by atoms with Gasteiger partial charge in [0.1, 0.15) is 6.04 Å². The van der Waals surface area contributed by atoms with Crippen molar-refractivity contribution in [3.8, 4) is 0 Å². The summed E-state index contributed by atoms with van der Waals surface area (Å²) in [6.07, 6.45) is 5.86. The predicted octanol–water partition coefficient (Wildman–Crippen LogP) is 0.729. The molecule has 2 amide bonds. The van der Waals surface area contributed by atoms with Crippen LogP contribution in [-0.2, 0) is 4.79 Å². The number of carboxylic acids is 1. The van der Waals surface area contributed by atoms with Gasteiger partial charge in [-0.05, 0) is 37.7 Å². The monoisotopic (exact) mass is 301 g/mol. The molecular weight excluding hydrogens is 278 g/mol. The average Bonchev–Trinajstić information content (AvgIpc) is 3.15. The lowest BCUT2D eigenvalue weighted by Crippen LogP contribution is -2.49. The van der Waals surface area contributed by atoms with Crippen LogP contribution in [0.1, 0.15) is 25.7 Å². The first kappa shape index (κ1) is 15.4. The first-order valence-electron chi connectivity index (χ1n) is 7.13. The second-order valence-corrected chi connectivity index (χ2v) is 6.49. The van der Waals surface area contributed by atoms with Gasteiger partial charge in [0, 0.05) is 25.2 Å². The Morgan fingerprint density at radius 2 is 2.15 bits per heavy atom. The molecule has 2 aliphatic rings. The maximum atomic E-state index is 11.9. The van der Waals surface area contributed by atoms with E-state index in [1.54, 1.807) is 11.8 Å². The summed E-state index contributed by atoms with van der Waals surface area (Å²) >= 11 is 1.58. The number of carbonyl (C=O) groups is 2. The molecule has 20 heavy (non-hydrogen) atoms. The molecule has 0 aromatic carbocycles. The molecule has 1 saturated carbocycles. The van der Waals surface area contributed by atoms with Gasteiger partial charge in [-0.2, -0.15) is 11.8 Å². The summed E-state index contributed by atoms with van der Waals surface area (Å²) in [4.78, 5) is 25.3. The molecular formula is C13H23N3O3S. The van der Waals surface area contributed by atoms with E-state index >= 15 is 0 Å². The summed E-state index contributed by atoms with van der Waals surface area (Å²) in [7, 11) is 0. The zero-order valence-electron chi connectivity index (χ0n) is 11.8. The van der Waals surface area contributed by atoms with Crippen LogP contribution in [0.2, 0.25) is 0 Å². The largest absolute Gasteiger partial charge is 0.480 e. The van der Waals surface area contributed by atoms with E-state index in [0.29, 0.717) is 6.42 Å². The highest BCUT2D eigenvalue weighted by Crippen LogP contribution is 2.29. The van der Waals surface area contributed by atoms with Gasteiger partial charge >= 0.3 is 12.0 Å². The first-order chi connectivity index (χ1) is 9.60. The van der Waals surface area contributed by atoms with Crippen molar-refractivity contribution >= 4 is 23.8 Å². The normalized spacial score (nSPS) is 24.4. The smallest absolute Gasteiger partial charge is 0.326 e. The van der Waals surface area contributed by atoms with E-state index in [-0.39, 0.29) is 12.1 Å². The van der Waals surface area contributed by atoms with E-state index < -0.39 is 12.0 Å². The summed E-state index contributed by atoms with van der Waals surface area (Å²) in [5.41, 5.74) is 0. The SMILES string of the molecule is CSCC[C@H](NC(=O)NC1CCN(C2CC2)C1)C(=O)O. The summed E-state index contributed by atoms with van der Waals surface area (Å²) < 4.78 is 0. The van der Waals surface area contributed by atoms with E-state index in [1.165, 1.54) is 12.8 Å². The Bertz CT molecular complexity index is 363. The van der Waals surface area contributed by atoms with Gasteiger partial charge in [0.05, 0.1) is 0 Å². The highest BCUT2D eigenvalue weighted by atomic mass is 32.2. The number of hydrogen-bond donors (Lipinski definition) is 3. The van der Waals surface area contributed by atoms with Crippen molar-refractivity contribution in [1.82, 2.24) is 15.5 Å². The topological polar surface area (TPSA) is 81.7 Å². The Morgan fingerprint density at radius 3 is 2.75 bits per heavy atom. The molecule has 1 heterocycles. The third-order valence-electron chi connectivity index (χ3n) is 3.83. The number of carbonyl (C=O) groups excluding carboxylic acids is 1.